The van der Waals surface area contributed by atoms with Crippen molar-refractivity contribution in [3.8, 4) is 0 Å². The van der Waals surface area contributed by atoms with E-state index >= 15 is 0 Å². The molecule has 2 aromatic rings. The first kappa shape index (κ1) is 21.7. The number of hydrogen-bond donors (Lipinski definition) is 1. The minimum atomic E-state index is 0.209. The van der Waals surface area contributed by atoms with Gasteiger partial charge >= 0.3 is 0 Å². The fraction of sp³-hybridized carbons (Fsp3) is 0.435. The van der Waals surface area contributed by atoms with Crippen molar-refractivity contribution in [1.82, 2.24) is 29.7 Å². The molecule has 0 spiro atoms. The van der Waals surface area contributed by atoms with Crippen LogP contribution in [0.25, 0.3) is 10.8 Å². The average Bonchev–Trinajstić information content (AvgIpc) is 3.14. The van der Waals surface area contributed by atoms with E-state index in [2.05, 4.69) is 53.3 Å². The van der Waals surface area contributed by atoms with Gasteiger partial charge in [0.25, 0.3) is 0 Å². The van der Waals surface area contributed by atoms with E-state index < -0.39 is 0 Å². The lowest BCUT2D eigenvalue weighted by Gasteiger charge is -2.39. The van der Waals surface area contributed by atoms with Gasteiger partial charge in [0.1, 0.15) is 6.29 Å². The van der Waals surface area contributed by atoms with Crippen molar-refractivity contribution in [3.63, 3.8) is 0 Å². The first-order chi connectivity index (χ1) is 14.9. The normalized spacial score (nSPS) is 22.9. The van der Waals surface area contributed by atoms with E-state index in [1.807, 2.05) is 30.6 Å². The summed E-state index contributed by atoms with van der Waals surface area (Å²) in [5.74, 6) is 0.209. The van der Waals surface area contributed by atoms with Gasteiger partial charge in [0, 0.05) is 44.2 Å². The third-order valence-electron chi connectivity index (χ3n) is 5.85. The van der Waals surface area contributed by atoms with Gasteiger partial charge in [-0.1, -0.05) is 8.58 Å². The fourth-order valence-electron chi connectivity index (χ4n) is 4.35. The van der Waals surface area contributed by atoms with Gasteiger partial charge < -0.3 is 15.1 Å². The summed E-state index contributed by atoms with van der Waals surface area (Å²) < 4.78 is 1.87. The molecule has 2 unspecified atom stereocenters. The van der Waals surface area contributed by atoms with E-state index in [0.29, 0.717) is 14.6 Å². The van der Waals surface area contributed by atoms with Gasteiger partial charge in [0.2, 0.25) is 0 Å². The summed E-state index contributed by atoms with van der Waals surface area (Å²) >= 11 is 0. The molecule has 1 saturated heterocycles. The minimum Gasteiger partial charge on any atom is -0.368 e. The lowest BCUT2D eigenvalue weighted by molar-refractivity contribution is -0.104. The second kappa shape index (κ2) is 8.93. The molecule has 31 heavy (non-hydrogen) atoms. The van der Waals surface area contributed by atoms with Crippen LogP contribution >= 0.6 is 8.58 Å². The van der Waals surface area contributed by atoms with Crippen molar-refractivity contribution < 1.29 is 4.79 Å². The summed E-state index contributed by atoms with van der Waals surface area (Å²) in [4.78, 5) is 20.7. The highest BCUT2D eigenvalue weighted by atomic mass is 31.1. The molecule has 2 aromatic heterocycles. The maximum absolute atomic E-state index is 11.4. The van der Waals surface area contributed by atoms with Crippen LogP contribution < -0.4 is 5.32 Å². The number of aromatic nitrogens is 3. The van der Waals surface area contributed by atoms with Crippen LogP contribution in [0.15, 0.2) is 41.9 Å². The van der Waals surface area contributed by atoms with Crippen LogP contribution in [0.5, 0.6) is 0 Å². The topological polar surface area (TPSA) is 65.8 Å². The smallest absolute Gasteiger partial charge is 0.143 e. The number of aryl methyl sites for hydroxylation is 2. The summed E-state index contributed by atoms with van der Waals surface area (Å²) in [6.07, 6.45) is 8.99. The molecule has 1 fully saturated rings. The minimum absolute atomic E-state index is 0.209. The van der Waals surface area contributed by atoms with E-state index in [1.165, 1.54) is 11.3 Å². The van der Waals surface area contributed by atoms with Gasteiger partial charge in [-0.2, -0.15) is 5.10 Å². The van der Waals surface area contributed by atoms with Crippen molar-refractivity contribution in [1.29, 1.82) is 0 Å². The number of carbonyl (C=O) groups excluding carboxylic acids is 1. The molecular weight excluding hydrogens is 407 g/mol. The lowest BCUT2D eigenvalue weighted by Crippen LogP contribution is -2.49. The second-order valence-electron chi connectivity index (χ2n) is 8.50. The van der Waals surface area contributed by atoms with E-state index in [9.17, 15) is 4.79 Å². The van der Waals surface area contributed by atoms with Crippen LogP contribution in [0.2, 0.25) is 0 Å². The molecule has 0 aliphatic carbocycles. The summed E-state index contributed by atoms with van der Waals surface area (Å²) in [6.45, 7) is 11.4. The van der Waals surface area contributed by atoms with Gasteiger partial charge in [-0.05, 0) is 51.5 Å². The van der Waals surface area contributed by atoms with E-state index in [4.69, 9.17) is 5.10 Å². The number of allylic oxidation sites excluding steroid dienone is 2. The van der Waals surface area contributed by atoms with Crippen LogP contribution in [-0.4, -0.2) is 69.2 Å². The highest BCUT2D eigenvalue weighted by molar-refractivity contribution is 7.51. The number of likely N-dealkylation sites (N-methyl/N-ethyl adjacent to an activating group) is 1. The molecule has 0 radical (unpaired) electrons. The number of hydrogen-bond acceptors (Lipinski definition) is 6. The molecule has 2 aliphatic rings. The monoisotopic (exact) mass is 438 g/mol. The molecular formula is C23H31N6OP. The molecule has 0 saturated carbocycles. The third kappa shape index (κ3) is 4.58. The highest BCUT2D eigenvalue weighted by Gasteiger charge is 2.25. The van der Waals surface area contributed by atoms with Crippen LogP contribution in [0.1, 0.15) is 30.9 Å². The van der Waals surface area contributed by atoms with E-state index in [0.717, 1.165) is 53.8 Å². The molecule has 7 nitrogen and oxygen atoms in total. The number of rotatable bonds is 5. The zero-order valence-electron chi connectivity index (χ0n) is 18.9. The molecule has 4 heterocycles. The standard InChI is InChI=1S/C23H31N6OP/c1-15-10-19(28-8-7-24-16(2)12-28)14-27(5)23(15)31-22(6-9-30)20-11-21-18(4)25-17(3)13-29(21)26-20/h6,9-11,13-14,16,23-24,31H,7-8,12H2,1-5H3/b22-6-/t16-,23?/m1/s1. The number of nitrogens with zero attached hydrogens (tertiary/aromatic N) is 5. The molecule has 1 N–H and O–H groups in total. The quantitative estimate of drug-likeness (QED) is 0.440. The van der Waals surface area contributed by atoms with Gasteiger partial charge in [-0.3, -0.25) is 9.78 Å². The van der Waals surface area contributed by atoms with Gasteiger partial charge in [0.15, 0.2) is 0 Å². The summed E-state index contributed by atoms with van der Waals surface area (Å²) in [5, 5.41) is 9.22. The fourth-order valence-corrected chi connectivity index (χ4v) is 5.67. The van der Waals surface area contributed by atoms with Crippen LogP contribution in [-0.2, 0) is 4.79 Å². The van der Waals surface area contributed by atoms with Gasteiger partial charge in [-0.15, -0.1) is 0 Å². The van der Waals surface area contributed by atoms with E-state index in [1.54, 1.807) is 6.08 Å². The van der Waals surface area contributed by atoms with Crippen molar-refractivity contribution in [2.75, 3.05) is 26.7 Å². The Balaban J connectivity index is 1.58. The summed E-state index contributed by atoms with van der Waals surface area (Å²) in [5.41, 5.74) is 6.25. The largest absolute Gasteiger partial charge is 0.368 e. The molecule has 164 valence electrons. The van der Waals surface area contributed by atoms with Crippen LogP contribution in [0.4, 0.5) is 0 Å². The van der Waals surface area contributed by atoms with Crippen molar-refractivity contribution >= 4 is 25.7 Å². The number of fused-ring (bicyclic) bond motifs is 1. The Bertz CT molecular complexity index is 1090. The lowest BCUT2D eigenvalue weighted by atomic mass is 10.1. The SMILES string of the molecule is CC1=CC(N2CCN[C@H](C)C2)=CN(C)C1P/C(=C\C=O)c1cc2c(C)nc(C)cn2n1. The number of carbonyl (C=O) groups is 1. The summed E-state index contributed by atoms with van der Waals surface area (Å²) in [6, 6.07) is 2.53. The second-order valence-corrected chi connectivity index (χ2v) is 9.87. The maximum Gasteiger partial charge on any atom is 0.143 e. The molecule has 0 amide bonds. The Morgan fingerprint density at radius 2 is 2.13 bits per heavy atom. The molecule has 4 rings (SSSR count). The predicted molar refractivity (Wildman–Crippen MR) is 127 cm³/mol. The molecule has 2 aliphatic heterocycles. The Morgan fingerprint density at radius 1 is 1.32 bits per heavy atom. The predicted octanol–water partition coefficient (Wildman–Crippen LogP) is 2.92. The zero-order valence-corrected chi connectivity index (χ0v) is 19.9. The number of aldehydes is 1. The van der Waals surface area contributed by atoms with E-state index in [-0.39, 0.29) is 5.78 Å². The average molecular weight is 439 g/mol. The summed E-state index contributed by atoms with van der Waals surface area (Å²) in [7, 11) is 2.53. The Labute approximate surface area is 185 Å². The molecule has 0 aromatic carbocycles. The molecule has 3 atom stereocenters. The highest BCUT2D eigenvalue weighted by Crippen LogP contribution is 2.43. The molecule has 0 bridgehead atoms. The number of piperazine rings is 1. The number of nitrogens with one attached hydrogen (secondary N) is 1. The van der Waals surface area contributed by atoms with Gasteiger partial charge in [0.05, 0.1) is 40.3 Å². The Kier molecular flexibility index (Phi) is 6.26. The molecule has 8 heteroatoms. The maximum atomic E-state index is 11.4. The van der Waals surface area contributed by atoms with Crippen LogP contribution in [0, 0.1) is 13.8 Å². The van der Waals surface area contributed by atoms with Crippen LogP contribution in [0.3, 0.4) is 0 Å². The Hall–Kier alpha value is -2.50. The Morgan fingerprint density at radius 3 is 2.84 bits per heavy atom. The first-order valence-electron chi connectivity index (χ1n) is 10.7. The van der Waals surface area contributed by atoms with Crippen molar-refractivity contribution in [2.45, 2.75) is 39.5 Å². The van der Waals surface area contributed by atoms with Crippen molar-refractivity contribution in [2.24, 2.45) is 0 Å². The third-order valence-corrected chi connectivity index (χ3v) is 7.72. The van der Waals surface area contributed by atoms with Crippen molar-refractivity contribution in [3.05, 3.63) is 59.0 Å². The zero-order chi connectivity index (χ0) is 22.1. The first-order valence-corrected chi connectivity index (χ1v) is 11.8. The van der Waals surface area contributed by atoms with Gasteiger partial charge in [-0.25, -0.2) is 4.52 Å².